The van der Waals surface area contributed by atoms with Gasteiger partial charge in [-0.3, -0.25) is 4.79 Å². The van der Waals surface area contributed by atoms with E-state index in [4.69, 9.17) is 4.74 Å². The normalized spacial score (nSPS) is 10.8. The van der Waals surface area contributed by atoms with Crippen molar-refractivity contribution < 1.29 is 4.74 Å². The van der Waals surface area contributed by atoms with Gasteiger partial charge in [-0.05, 0) is 60.2 Å². The van der Waals surface area contributed by atoms with E-state index in [2.05, 4.69) is 44.2 Å². The summed E-state index contributed by atoms with van der Waals surface area (Å²) >= 11 is 0. The zero-order valence-electron chi connectivity index (χ0n) is 18.3. The van der Waals surface area contributed by atoms with Crippen LogP contribution in [0.4, 0.5) is 0 Å². The van der Waals surface area contributed by atoms with Gasteiger partial charge in [0.25, 0.3) is 5.56 Å². The number of ether oxygens (including phenoxy) is 1. The molecule has 0 saturated heterocycles. The summed E-state index contributed by atoms with van der Waals surface area (Å²) in [6.07, 6.45) is 2.71. The number of nitrogens with zero attached hydrogens (tertiary/aromatic N) is 1. The van der Waals surface area contributed by atoms with Crippen LogP contribution in [-0.2, 0) is 13.0 Å². The van der Waals surface area contributed by atoms with Crippen LogP contribution in [-0.4, -0.2) is 11.7 Å². The quantitative estimate of drug-likeness (QED) is 0.404. The maximum Gasteiger partial charge on any atom is 0.250 e. The lowest BCUT2D eigenvalue weighted by Gasteiger charge is -2.14. The Bertz CT molecular complexity index is 1240. The van der Waals surface area contributed by atoms with Gasteiger partial charge < -0.3 is 9.30 Å². The fourth-order valence-corrected chi connectivity index (χ4v) is 4.04. The number of benzene rings is 3. The first-order valence-electron chi connectivity index (χ1n) is 10.5. The molecule has 1 heterocycles. The molecule has 3 nitrogen and oxygen atoms in total. The third-order valence-corrected chi connectivity index (χ3v) is 5.48. The lowest BCUT2D eigenvalue weighted by molar-refractivity contribution is 0.415. The van der Waals surface area contributed by atoms with Crippen molar-refractivity contribution in [1.29, 1.82) is 0 Å². The van der Waals surface area contributed by atoms with Gasteiger partial charge >= 0.3 is 0 Å². The number of pyridine rings is 1. The second kappa shape index (κ2) is 9.05. The molecular formula is C28H27NO2. The molecule has 4 rings (SSSR count). The maximum absolute atomic E-state index is 12.4. The molecule has 0 atom stereocenters. The smallest absolute Gasteiger partial charge is 0.250 e. The Balaban J connectivity index is 1.71. The van der Waals surface area contributed by atoms with Crippen LogP contribution in [0.1, 0.15) is 27.8 Å². The molecule has 0 bridgehead atoms. The Morgan fingerprint density at radius 3 is 2.26 bits per heavy atom. The van der Waals surface area contributed by atoms with Gasteiger partial charge in [0.1, 0.15) is 5.75 Å². The van der Waals surface area contributed by atoms with Crippen LogP contribution in [0.3, 0.4) is 0 Å². The van der Waals surface area contributed by atoms with Crippen LogP contribution < -0.4 is 10.3 Å². The van der Waals surface area contributed by atoms with Gasteiger partial charge in [-0.2, -0.15) is 0 Å². The van der Waals surface area contributed by atoms with Crippen molar-refractivity contribution in [2.45, 2.75) is 26.8 Å². The van der Waals surface area contributed by atoms with Crippen molar-refractivity contribution in [1.82, 2.24) is 4.57 Å². The zero-order chi connectivity index (χ0) is 21.8. The van der Waals surface area contributed by atoms with E-state index in [9.17, 15) is 4.79 Å². The summed E-state index contributed by atoms with van der Waals surface area (Å²) < 4.78 is 7.28. The van der Waals surface area contributed by atoms with Crippen LogP contribution in [0.5, 0.6) is 5.75 Å². The summed E-state index contributed by atoms with van der Waals surface area (Å²) in [6.45, 7) is 4.81. The van der Waals surface area contributed by atoms with Crippen molar-refractivity contribution in [2.24, 2.45) is 0 Å². The predicted octanol–water partition coefficient (Wildman–Crippen LogP) is 5.78. The zero-order valence-corrected chi connectivity index (χ0v) is 18.3. The summed E-state index contributed by atoms with van der Waals surface area (Å²) in [5.74, 6) is 0.840. The van der Waals surface area contributed by atoms with Gasteiger partial charge in [-0.25, -0.2) is 0 Å². The Morgan fingerprint density at radius 1 is 0.806 bits per heavy atom. The second-order valence-electron chi connectivity index (χ2n) is 8.07. The molecule has 0 fully saturated rings. The first-order valence-corrected chi connectivity index (χ1v) is 10.5. The molecule has 0 N–H and O–H groups in total. The van der Waals surface area contributed by atoms with E-state index >= 15 is 0 Å². The van der Waals surface area contributed by atoms with Crippen molar-refractivity contribution in [3.05, 3.63) is 123 Å². The highest BCUT2D eigenvalue weighted by Gasteiger charge is 2.10. The van der Waals surface area contributed by atoms with E-state index in [0.717, 1.165) is 28.9 Å². The van der Waals surface area contributed by atoms with E-state index in [0.29, 0.717) is 6.54 Å². The molecule has 0 saturated carbocycles. The topological polar surface area (TPSA) is 31.2 Å². The van der Waals surface area contributed by atoms with Crippen LogP contribution >= 0.6 is 0 Å². The minimum absolute atomic E-state index is 0.0110. The summed E-state index contributed by atoms with van der Waals surface area (Å²) in [6, 6.07) is 26.5. The van der Waals surface area contributed by atoms with E-state index < -0.39 is 0 Å². The van der Waals surface area contributed by atoms with Gasteiger partial charge in [-0.1, -0.05) is 71.8 Å². The molecule has 3 aromatic carbocycles. The van der Waals surface area contributed by atoms with Crippen LogP contribution in [0, 0.1) is 13.8 Å². The fourth-order valence-electron chi connectivity index (χ4n) is 4.04. The summed E-state index contributed by atoms with van der Waals surface area (Å²) in [5, 5.41) is 0. The minimum atomic E-state index is 0.0110. The molecule has 0 spiro atoms. The Kier molecular flexibility index (Phi) is 6.03. The first kappa shape index (κ1) is 20.7. The van der Waals surface area contributed by atoms with E-state index in [1.807, 2.05) is 48.7 Å². The number of hydrogen-bond acceptors (Lipinski definition) is 2. The number of rotatable bonds is 6. The standard InChI is InChI=1S/C28H27NO2/c1-20-13-21(2)15-25(14-20)27-17-26(31-3)11-10-24(27)16-23-9-12-28(30)29(19-23)18-22-7-5-4-6-8-22/h4-15,17,19H,16,18H2,1-3H3. The predicted molar refractivity (Wildman–Crippen MR) is 127 cm³/mol. The molecule has 0 aliphatic heterocycles. The van der Waals surface area contributed by atoms with E-state index in [1.54, 1.807) is 17.7 Å². The van der Waals surface area contributed by atoms with Crippen molar-refractivity contribution in [3.63, 3.8) is 0 Å². The third-order valence-electron chi connectivity index (χ3n) is 5.48. The number of hydrogen-bond donors (Lipinski definition) is 0. The molecule has 0 aliphatic rings. The van der Waals surface area contributed by atoms with Crippen LogP contribution in [0.25, 0.3) is 11.1 Å². The Hall–Kier alpha value is -3.59. The number of methoxy groups -OCH3 is 1. The lowest BCUT2D eigenvalue weighted by Crippen LogP contribution is -2.19. The average molecular weight is 410 g/mol. The fraction of sp³-hybridized carbons (Fsp3) is 0.179. The van der Waals surface area contributed by atoms with Crippen molar-refractivity contribution in [3.8, 4) is 16.9 Å². The summed E-state index contributed by atoms with van der Waals surface area (Å²) in [5.41, 5.74) is 8.25. The first-order chi connectivity index (χ1) is 15.0. The highest BCUT2D eigenvalue weighted by Crippen LogP contribution is 2.31. The van der Waals surface area contributed by atoms with Crippen molar-refractivity contribution in [2.75, 3.05) is 7.11 Å². The van der Waals surface area contributed by atoms with Crippen molar-refractivity contribution >= 4 is 0 Å². The molecule has 0 amide bonds. The molecule has 0 unspecified atom stereocenters. The minimum Gasteiger partial charge on any atom is -0.497 e. The molecule has 0 radical (unpaired) electrons. The van der Waals surface area contributed by atoms with E-state index in [1.165, 1.54) is 22.3 Å². The highest BCUT2D eigenvalue weighted by molar-refractivity contribution is 5.71. The van der Waals surface area contributed by atoms with Crippen LogP contribution in [0.15, 0.2) is 89.9 Å². The highest BCUT2D eigenvalue weighted by atomic mass is 16.5. The van der Waals surface area contributed by atoms with Gasteiger partial charge in [0.2, 0.25) is 0 Å². The molecule has 1 aromatic heterocycles. The maximum atomic E-state index is 12.4. The molecular weight excluding hydrogens is 382 g/mol. The Labute approximate surface area is 183 Å². The molecule has 156 valence electrons. The number of aryl methyl sites for hydroxylation is 2. The number of aromatic nitrogens is 1. The molecule has 0 aliphatic carbocycles. The van der Waals surface area contributed by atoms with Crippen LogP contribution in [0.2, 0.25) is 0 Å². The molecule has 4 aromatic rings. The van der Waals surface area contributed by atoms with Gasteiger partial charge in [-0.15, -0.1) is 0 Å². The molecule has 3 heteroatoms. The third kappa shape index (κ3) is 4.95. The SMILES string of the molecule is COc1ccc(Cc2ccc(=O)n(Cc3ccccc3)c2)c(-c2cc(C)cc(C)c2)c1. The summed E-state index contributed by atoms with van der Waals surface area (Å²) in [4.78, 5) is 12.4. The average Bonchev–Trinajstić information content (AvgIpc) is 2.76. The second-order valence-corrected chi connectivity index (χ2v) is 8.07. The van der Waals surface area contributed by atoms with Gasteiger partial charge in [0.15, 0.2) is 0 Å². The summed E-state index contributed by atoms with van der Waals surface area (Å²) in [7, 11) is 1.69. The van der Waals surface area contributed by atoms with Gasteiger partial charge in [0, 0.05) is 12.3 Å². The van der Waals surface area contributed by atoms with E-state index in [-0.39, 0.29) is 5.56 Å². The van der Waals surface area contributed by atoms with Gasteiger partial charge in [0.05, 0.1) is 13.7 Å². The largest absolute Gasteiger partial charge is 0.497 e. The Morgan fingerprint density at radius 2 is 1.55 bits per heavy atom. The lowest BCUT2D eigenvalue weighted by atomic mass is 9.93. The monoisotopic (exact) mass is 409 g/mol. The molecule has 31 heavy (non-hydrogen) atoms.